The predicted octanol–water partition coefficient (Wildman–Crippen LogP) is 14.7. The highest BCUT2D eigenvalue weighted by Crippen LogP contribution is 2.53. The van der Waals surface area contributed by atoms with Gasteiger partial charge in [0.2, 0.25) is 0 Å². The van der Waals surface area contributed by atoms with Crippen LogP contribution in [0.15, 0.2) is 194 Å². The Bertz CT molecular complexity index is 3070. The second-order valence-electron chi connectivity index (χ2n) is 17.3. The molecule has 0 spiro atoms. The van der Waals surface area contributed by atoms with E-state index in [4.69, 9.17) is 19.7 Å². The number of hydrogen-bond donors (Lipinski definition) is 0. The maximum Gasteiger partial charge on any atom is 0.164 e. The average Bonchev–Trinajstić information content (AvgIpc) is 3.32. The highest BCUT2D eigenvalue weighted by molar-refractivity contribution is 5.87. The van der Waals surface area contributed by atoms with E-state index in [0.29, 0.717) is 17.5 Å². The van der Waals surface area contributed by atoms with Gasteiger partial charge in [-0.3, -0.25) is 0 Å². The molecule has 0 saturated heterocycles. The molecule has 5 nitrogen and oxygen atoms in total. The molecular formula is C57H44N4O. The Labute approximate surface area is 363 Å². The number of nitrogens with zero attached hydrogens (tertiary/aromatic N) is 4. The minimum absolute atomic E-state index is 0.115. The lowest BCUT2D eigenvalue weighted by molar-refractivity contribution is 0.418. The highest BCUT2D eigenvalue weighted by atomic mass is 16.5. The van der Waals surface area contributed by atoms with Crippen molar-refractivity contribution in [3.63, 3.8) is 0 Å². The number of para-hydroxylation sites is 2. The van der Waals surface area contributed by atoms with Crippen molar-refractivity contribution in [1.29, 1.82) is 0 Å². The van der Waals surface area contributed by atoms with Crippen LogP contribution in [0.4, 0.5) is 17.1 Å². The van der Waals surface area contributed by atoms with E-state index in [1.165, 1.54) is 28.1 Å². The molecule has 0 aliphatic carbocycles. The summed E-state index contributed by atoms with van der Waals surface area (Å²) in [5, 5.41) is 0. The molecule has 0 radical (unpaired) electrons. The Morgan fingerprint density at radius 2 is 0.742 bits per heavy atom. The number of anilines is 3. The molecule has 2 aliphatic rings. The van der Waals surface area contributed by atoms with Crippen LogP contribution in [0, 0.1) is 0 Å². The highest BCUT2D eigenvalue weighted by Gasteiger charge is 2.37. The van der Waals surface area contributed by atoms with E-state index in [1.807, 2.05) is 60.7 Å². The molecule has 0 unspecified atom stereocenters. The Morgan fingerprint density at radius 1 is 0.339 bits per heavy atom. The van der Waals surface area contributed by atoms with E-state index in [-0.39, 0.29) is 10.8 Å². The Balaban J connectivity index is 0.937. The second kappa shape index (κ2) is 14.5. The van der Waals surface area contributed by atoms with Crippen LogP contribution in [0.25, 0.3) is 56.4 Å². The van der Waals surface area contributed by atoms with Crippen LogP contribution in [-0.2, 0) is 10.8 Å². The lowest BCUT2D eigenvalue weighted by Crippen LogP contribution is -2.30. The molecule has 8 aromatic carbocycles. The molecule has 2 aliphatic heterocycles. The standard InChI is InChI=1S/C57H44N4O/c1-56(2)45-25-11-13-27-49(45)61(50-28-14-12-26-46(50)56)44-24-16-22-40(34-44)42-30-32-48-52(36-42)62-51-35-41(29-31-47(51)57(48,3)4)39-21-15-23-43(33-39)55-59-53(37-17-7-5-8-18-37)58-54(60-55)38-19-9-6-10-20-38/h5-36H,1-4H3. The number of fused-ring (bicyclic) bond motifs is 4. The lowest BCUT2D eigenvalue weighted by Gasteiger charge is -2.42. The fourth-order valence-corrected chi connectivity index (χ4v) is 9.42. The van der Waals surface area contributed by atoms with Crippen LogP contribution >= 0.6 is 0 Å². The van der Waals surface area contributed by atoms with Gasteiger partial charge in [0.05, 0.1) is 11.4 Å². The summed E-state index contributed by atoms with van der Waals surface area (Å²) in [6, 6.07) is 68.4. The normalized spacial score (nSPS) is 14.2. The van der Waals surface area contributed by atoms with Gasteiger partial charge in [-0.15, -0.1) is 0 Å². The molecule has 0 saturated carbocycles. The monoisotopic (exact) mass is 800 g/mol. The number of hydrogen-bond acceptors (Lipinski definition) is 5. The summed E-state index contributed by atoms with van der Waals surface area (Å²) in [7, 11) is 0. The second-order valence-corrected chi connectivity index (χ2v) is 17.3. The van der Waals surface area contributed by atoms with Gasteiger partial charge in [0, 0.05) is 44.3 Å². The topological polar surface area (TPSA) is 51.1 Å². The first kappa shape index (κ1) is 37.4. The summed E-state index contributed by atoms with van der Waals surface area (Å²) < 4.78 is 6.90. The fraction of sp³-hybridized carbons (Fsp3) is 0.105. The number of ether oxygens (including phenoxy) is 1. The number of rotatable bonds is 6. The maximum atomic E-state index is 6.90. The van der Waals surface area contributed by atoms with Crippen molar-refractivity contribution in [3.8, 4) is 67.9 Å². The predicted molar refractivity (Wildman–Crippen MR) is 252 cm³/mol. The number of benzene rings is 8. The Morgan fingerprint density at radius 3 is 1.29 bits per heavy atom. The zero-order chi connectivity index (χ0) is 42.0. The zero-order valence-electron chi connectivity index (χ0n) is 35.2. The summed E-state index contributed by atoms with van der Waals surface area (Å²) >= 11 is 0. The average molecular weight is 801 g/mol. The van der Waals surface area contributed by atoms with E-state index in [0.717, 1.165) is 61.7 Å². The van der Waals surface area contributed by atoms with Crippen LogP contribution in [-0.4, -0.2) is 15.0 Å². The fourth-order valence-electron chi connectivity index (χ4n) is 9.42. The van der Waals surface area contributed by atoms with Crippen LogP contribution in [0.5, 0.6) is 11.5 Å². The van der Waals surface area contributed by atoms with Crippen molar-refractivity contribution >= 4 is 17.1 Å². The van der Waals surface area contributed by atoms with Gasteiger partial charge in [0.25, 0.3) is 0 Å². The third-order valence-electron chi connectivity index (χ3n) is 12.8. The van der Waals surface area contributed by atoms with Crippen molar-refractivity contribution in [2.45, 2.75) is 38.5 Å². The quantitative estimate of drug-likeness (QED) is 0.168. The Kier molecular flexibility index (Phi) is 8.76. The molecule has 0 amide bonds. The zero-order valence-corrected chi connectivity index (χ0v) is 35.2. The van der Waals surface area contributed by atoms with Gasteiger partial charge in [-0.25, -0.2) is 15.0 Å². The van der Waals surface area contributed by atoms with E-state index in [9.17, 15) is 0 Å². The van der Waals surface area contributed by atoms with Crippen molar-refractivity contribution < 1.29 is 4.74 Å². The van der Waals surface area contributed by atoms with E-state index in [1.54, 1.807) is 0 Å². The van der Waals surface area contributed by atoms with E-state index >= 15 is 0 Å². The molecule has 0 bridgehead atoms. The molecule has 3 heterocycles. The van der Waals surface area contributed by atoms with Crippen molar-refractivity contribution in [3.05, 3.63) is 216 Å². The van der Waals surface area contributed by atoms with Crippen LogP contribution < -0.4 is 9.64 Å². The van der Waals surface area contributed by atoms with Gasteiger partial charge in [-0.1, -0.05) is 179 Å². The molecule has 9 aromatic rings. The molecule has 11 rings (SSSR count). The first-order chi connectivity index (χ1) is 30.2. The molecule has 1 aromatic heterocycles. The van der Waals surface area contributed by atoms with Crippen LogP contribution in [0.3, 0.4) is 0 Å². The van der Waals surface area contributed by atoms with Crippen molar-refractivity contribution in [2.75, 3.05) is 4.90 Å². The summed E-state index contributed by atoms with van der Waals surface area (Å²) in [6.07, 6.45) is 0. The lowest BCUT2D eigenvalue weighted by atomic mass is 9.73. The van der Waals surface area contributed by atoms with Crippen molar-refractivity contribution in [2.24, 2.45) is 0 Å². The summed E-state index contributed by atoms with van der Waals surface area (Å²) in [5.74, 6) is 3.63. The smallest absolute Gasteiger partial charge is 0.164 e. The van der Waals surface area contributed by atoms with E-state index < -0.39 is 0 Å². The summed E-state index contributed by atoms with van der Waals surface area (Å²) in [4.78, 5) is 17.3. The first-order valence-corrected chi connectivity index (χ1v) is 21.3. The minimum Gasteiger partial charge on any atom is -0.457 e. The van der Waals surface area contributed by atoms with Gasteiger partial charge >= 0.3 is 0 Å². The van der Waals surface area contributed by atoms with Crippen molar-refractivity contribution in [1.82, 2.24) is 15.0 Å². The molecule has 298 valence electrons. The van der Waals surface area contributed by atoms with E-state index in [2.05, 4.69) is 166 Å². The molecule has 62 heavy (non-hydrogen) atoms. The van der Waals surface area contributed by atoms with Gasteiger partial charge in [-0.2, -0.15) is 0 Å². The largest absolute Gasteiger partial charge is 0.457 e. The molecule has 0 N–H and O–H groups in total. The van der Waals surface area contributed by atoms with Crippen LogP contribution in [0.1, 0.15) is 49.9 Å². The van der Waals surface area contributed by atoms with Crippen LogP contribution in [0.2, 0.25) is 0 Å². The molecule has 0 atom stereocenters. The summed E-state index contributed by atoms with van der Waals surface area (Å²) in [6.45, 7) is 9.23. The summed E-state index contributed by atoms with van der Waals surface area (Å²) in [5.41, 5.74) is 15.3. The molecule has 5 heteroatoms. The molecule has 0 fully saturated rings. The molecular weight excluding hydrogens is 757 g/mol. The third kappa shape index (κ3) is 6.28. The SMILES string of the molecule is CC1(C)c2ccc(-c3cccc(-c4nc(-c5ccccc5)nc(-c5ccccc5)n4)c3)cc2Oc2cc(-c3cccc(N4c5ccccc5C(C)(C)c5ccccc54)c3)ccc21. The van der Waals surface area contributed by atoms with Gasteiger partial charge in [0.1, 0.15) is 11.5 Å². The Hall–Kier alpha value is -7.63. The third-order valence-corrected chi connectivity index (χ3v) is 12.8. The van der Waals surface area contributed by atoms with Gasteiger partial charge in [0.15, 0.2) is 17.5 Å². The first-order valence-electron chi connectivity index (χ1n) is 21.3. The van der Waals surface area contributed by atoms with Gasteiger partial charge in [-0.05, 0) is 75.8 Å². The maximum absolute atomic E-state index is 6.90. The number of aromatic nitrogens is 3. The van der Waals surface area contributed by atoms with Gasteiger partial charge < -0.3 is 9.64 Å². The minimum atomic E-state index is -0.274.